The van der Waals surface area contributed by atoms with E-state index in [-0.39, 0.29) is 0 Å². The van der Waals surface area contributed by atoms with Crippen LogP contribution in [-0.4, -0.2) is 20.4 Å². The Kier molecular flexibility index (Phi) is 1.86. The van der Waals surface area contributed by atoms with Crippen LogP contribution in [0.1, 0.15) is 19.8 Å². The maximum Gasteiger partial charge on any atom is 0.181 e. The summed E-state index contributed by atoms with van der Waals surface area (Å²) in [4.78, 5) is 0. The predicted molar refractivity (Wildman–Crippen MR) is 48.6 cm³/mol. The van der Waals surface area contributed by atoms with Gasteiger partial charge in [-0.15, -0.1) is 5.47 Å². The quantitative estimate of drug-likeness (QED) is 0.507. The minimum Gasteiger partial charge on any atom is -0.314 e. The lowest BCUT2D eigenvalue weighted by molar-refractivity contribution is 0.715. The summed E-state index contributed by atoms with van der Waals surface area (Å²) >= 11 is 0. The third kappa shape index (κ3) is 1.41. The number of hydrogen-bond acceptors (Lipinski definition) is 1. The summed E-state index contributed by atoms with van der Waals surface area (Å²) in [6.45, 7) is 4.42. The fourth-order valence-electron chi connectivity index (χ4n) is 1.80. The monoisotopic (exact) mass is 146 g/mol. The average Bonchev–Trinajstić information content (AvgIpc) is 2.17. The standard InChI is InChI=1S/C9H13BN/c1-7-5-8-3-2-4-11-6-9(8)10-7/h5,11H,2-4,6H2,1H3. The van der Waals surface area contributed by atoms with E-state index >= 15 is 0 Å². The van der Waals surface area contributed by atoms with E-state index in [4.69, 9.17) is 0 Å². The predicted octanol–water partition coefficient (Wildman–Crippen LogP) is 1.25. The zero-order valence-corrected chi connectivity index (χ0v) is 6.98. The average molecular weight is 146 g/mol. The highest BCUT2D eigenvalue weighted by molar-refractivity contribution is 6.55. The Hall–Kier alpha value is -0.495. The molecule has 0 spiro atoms. The van der Waals surface area contributed by atoms with Crippen LogP contribution < -0.4 is 5.32 Å². The molecule has 0 aromatic carbocycles. The van der Waals surface area contributed by atoms with Gasteiger partial charge in [0.05, 0.1) is 0 Å². The van der Waals surface area contributed by atoms with Crippen molar-refractivity contribution in [2.75, 3.05) is 13.1 Å². The molecule has 1 nitrogen and oxygen atoms in total. The zero-order chi connectivity index (χ0) is 7.68. The van der Waals surface area contributed by atoms with E-state index in [2.05, 4.69) is 25.6 Å². The second-order valence-corrected chi connectivity index (χ2v) is 3.36. The van der Waals surface area contributed by atoms with Crippen molar-refractivity contribution < 1.29 is 0 Å². The molecule has 1 radical (unpaired) electrons. The van der Waals surface area contributed by atoms with Crippen LogP contribution in [0.25, 0.3) is 0 Å². The van der Waals surface area contributed by atoms with Gasteiger partial charge < -0.3 is 5.32 Å². The van der Waals surface area contributed by atoms with Crippen LogP contribution >= 0.6 is 0 Å². The summed E-state index contributed by atoms with van der Waals surface area (Å²) < 4.78 is 0. The summed E-state index contributed by atoms with van der Waals surface area (Å²) in [5, 5.41) is 3.42. The lowest BCUT2D eigenvalue weighted by Gasteiger charge is -2.00. The van der Waals surface area contributed by atoms with Crippen LogP contribution in [0.2, 0.25) is 0 Å². The number of allylic oxidation sites excluding steroid dienone is 3. The maximum absolute atomic E-state index is 3.42. The third-order valence-corrected chi connectivity index (χ3v) is 2.33. The van der Waals surface area contributed by atoms with Gasteiger partial charge in [0.1, 0.15) is 0 Å². The smallest absolute Gasteiger partial charge is 0.181 e. The minimum absolute atomic E-state index is 1.07. The van der Waals surface area contributed by atoms with Crippen molar-refractivity contribution in [3.8, 4) is 0 Å². The Morgan fingerprint density at radius 3 is 3.36 bits per heavy atom. The second kappa shape index (κ2) is 2.86. The van der Waals surface area contributed by atoms with Crippen molar-refractivity contribution in [3.05, 3.63) is 22.6 Å². The molecule has 11 heavy (non-hydrogen) atoms. The van der Waals surface area contributed by atoms with Crippen molar-refractivity contribution in [1.82, 2.24) is 5.32 Å². The highest BCUT2D eigenvalue weighted by atomic mass is 14.8. The van der Waals surface area contributed by atoms with Crippen LogP contribution in [0, 0.1) is 0 Å². The molecule has 0 bridgehead atoms. The zero-order valence-electron chi connectivity index (χ0n) is 6.98. The fourth-order valence-corrected chi connectivity index (χ4v) is 1.80. The molecule has 2 heteroatoms. The minimum atomic E-state index is 1.07. The van der Waals surface area contributed by atoms with E-state index in [1.807, 2.05) is 0 Å². The molecule has 0 unspecified atom stereocenters. The van der Waals surface area contributed by atoms with E-state index in [1.165, 1.54) is 30.3 Å². The molecule has 0 amide bonds. The first-order valence-electron chi connectivity index (χ1n) is 4.32. The Bertz CT molecular complexity index is 228. The van der Waals surface area contributed by atoms with Gasteiger partial charge in [0.2, 0.25) is 0 Å². The number of rotatable bonds is 0. The molecule has 0 aromatic rings. The molecule has 0 saturated heterocycles. The molecule has 0 atom stereocenters. The van der Waals surface area contributed by atoms with Crippen molar-refractivity contribution in [1.29, 1.82) is 0 Å². The van der Waals surface area contributed by atoms with Gasteiger partial charge in [0, 0.05) is 6.54 Å². The van der Waals surface area contributed by atoms with Crippen molar-refractivity contribution in [2.45, 2.75) is 19.8 Å². The molecular weight excluding hydrogens is 133 g/mol. The Labute approximate surface area is 68.8 Å². The van der Waals surface area contributed by atoms with E-state index in [1.54, 1.807) is 5.57 Å². The molecule has 0 aromatic heterocycles. The molecule has 2 heterocycles. The third-order valence-electron chi connectivity index (χ3n) is 2.33. The van der Waals surface area contributed by atoms with Gasteiger partial charge in [-0.3, -0.25) is 0 Å². The van der Waals surface area contributed by atoms with Crippen molar-refractivity contribution in [3.63, 3.8) is 0 Å². The molecule has 0 aliphatic carbocycles. The van der Waals surface area contributed by atoms with Gasteiger partial charge in [0.15, 0.2) is 7.28 Å². The number of nitrogens with one attached hydrogen (secondary N) is 1. The first-order chi connectivity index (χ1) is 5.36. The molecule has 57 valence electrons. The van der Waals surface area contributed by atoms with Gasteiger partial charge in [-0.1, -0.05) is 24.0 Å². The molecule has 2 aliphatic rings. The Balaban J connectivity index is 2.17. The summed E-state index contributed by atoms with van der Waals surface area (Å²) in [5.41, 5.74) is 4.49. The maximum atomic E-state index is 3.42. The van der Waals surface area contributed by atoms with Gasteiger partial charge >= 0.3 is 0 Å². The molecule has 2 rings (SSSR count). The van der Waals surface area contributed by atoms with Gasteiger partial charge in [-0.25, -0.2) is 0 Å². The lowest BCUT2D eigenvalue weighted by Crippen LogP contribution is -2.18. The first-order valence-corrected chi connectivity index (χ1v) is 4.32. The summed E-state index contributed by atoms with van der Waals surface area (Å²) in [5.74, 6) is 0. The van der Waals surface area contributed by atoms with Crippen LogP contribution in [0.5, 0.6) is 0 Å². The van der Waals surface area contributed by atoms with Gasteiger partial charge in [-0.2, -0.15) is 0 Å². The van der Waals surface area contributed by atoms with Crippen LogP contribution in [0.4, 0.5) is 0 Å². The highest BCUT2D eigenvalue weighted by Crippen LogP contribution is 2.22. The fraction of sp³-hybridized carbons (Fsp3) is 0.556. The SMILES string of the molecule is CC1=CC2=C([B]1)CNCCC2. The Morgan fingerprint density at radius 1 is 1.55 bits per heavy atom. The molecule has 0 saturated carbocycles. The molecule has 0 fully saturated rings. The normalized spacial score (nSPS) is 23.9. The van der Waals surface area contributed by atoms with E-state index in [0.717, 1.165) is 6.54 Å². The van der Waals surface area contributed by atoms with E-state index < -0.39 is 0 Å². The van der Waals surface area contributed by atoms with Gasteiger partial charge in [0.25, 0.3) is 0 Å². The highest BCUT2D eigenvalue weighted by Gasteiger charge is 2.15. The number of hydrogen-bond donors (Lipinski definition) is 1. The van der Waals surface area contributed by atoms with E-state index in [9.17, 15) is 0 Å². The van der Waals surface area contributed by atoms with Crippen LogP contribution in [-0.2, 0) is 0 Å². The van der Waals surface area contributed by atoms with Crippen LogP contribution in [0.3, 0.4) is 0 Å². The largest absolute Gasteiger partial charge is 0.314 e. The Morgan fingerprint density at radius 2 is 2.45 bits per heavy atom. The summed E-state index contributed by atoms with van der Waals surface area (Å²) in [7, 11) is 2.30. The van der Waals surface area contributed by atoms with Crippen molar-refractivity contribution in [2.24, 2.45) is 0 Å². The first kappa shape index (κ1) is 7.17. The summed E-state index contributed by atoms with van der Waals surface area (Å²) in [6.07, 6.45) is 4.87. The van der Waals surface area contributed by atoms with Crippen molar-refractivity contribution >= 4 is 7.28 Å². The molecular formula is C9H13BN. The second-order valence-electron chi connectivity index (χ2n) is 3.36. The molecule has 2 aliphatic heterocycles. The lowest BCUT2D eigenvalue weighted by atomic mass is 9.66. The van der Waals surface area contributed by atoms with Gasteiger partial charge in [-0.05, 0) is 19.4 Å². The topological polar surface area (TPSA) is 12.0 Å². The summed E-state index contributed by atoms with van der Waals surface area (Å²) in [6, 6.07) is 0. The van der Waals surface area contributed by atoms with E-state index in [0.29, 0.717) is 0 Å². The van der Waals surface area contributed by atoms with Crippen LogP contribution in [0.15, 0.2) is 22.6 Å². The molecule has 1 N–H and O–H groups in total.